The number of hydrogen-bond acceptors (Lipinski definition) is 5. The smallest absolute Gasteiger partial charge is 0.308 e. The molecule has 5 rings (SSSR count). The van der Waals surface area contributed by atoms with Crippen LogP contribution in [0.15, 0.2) is 76.4 Å². The predicted octanol–water partition coefficient (Wildman–Crippen LogP) is 5.19. The summed E-state index contributed by atoms with van der Waals surface area (Å²) in [6.45, 7) is 1.62. The van der Waals surface area contributed by atoms with E-state index in [4.69, 9.17) is 11.6 Å². The molecule has 0 spiro atoms. The van der Waals surface area contributed by atoms with Crippen LogP contribution in [-0.4, -0.2) is 36.9 Å². The minimum absolute atomic E-state index is 0.0152. The minimum Gasteiger partial charge on any atom is -0.339 e. The maximum absolute atomic E-state index is 13.3. The summed E-state index contributed by atoms with van der Waals surface area (Å²) < 4.78 is 31.3. The van der Waals surface area contributed by atoms with Crippen molar-refractivity contribution in [3.63, 3.8) is 0 Å². The average molecular weight is 542 g/mol. The van der Waals surface area contributed by atoms with E-state index in [0.717, 1.165) is 36.2 Å². The van der Waals surface area contributed by atoms with Crippen molar-refractivity contribution in [1.82, 2.24) is 9.47 Å². The van der Waals surface area contributed by atoms with Crippen LogP contribution in [0.25, 0.3) is 10.2 Å². The molecule has 1 saturated heterocycles. The molecule has 1 amide bonds. The van der Waals surface area contributed by atoms with Gasteiger partial charge in [0.15, 0.2) is 0 Å². The molecule has 1 aliphatic heterocycles. The molecule has 10 heteroatoms. The molecule has 0 bridgehead atoms. The summed E-state index contributed by atoms with van der Waals surface area (Å²) in [6, 6.07) is 18.5. The second kappa shape index (κ2) is 10.1. The third kappa shape index (κ3) is 4.91. The summed E-state index contributed by atoms with van der Waals surface area (Å²) in [7, 11) is -4.01. The monoisotopic (exact) mass is 541 g/mol. The van der Waals surface area contributed by atoms with Crippen LogP contribution in [0.2, 0.25) is 5.02 Å². The number of piperidine rings is 1. The molecule has 0 atom stereocenters. The molecule has 3 aromatic carbocycles. The van der Waals surface area contributed by atoms with E-state index in [9.17, 15) is 18.0 Å². The minimum atomic E-state index is -4.01. The first-order valence-corrected chi connectivity index (χ1v) is 14.3. The Bertz CT molecular complexity index is 1600. The van der Waals surface area contributed by atoms with Gasteiger partial charge in [-0.15, -0.1) is 0 Å². The number of benzene rings is 3. The van der Waals surface area contributed by atoms with Crippen molar-refractivity contribution in [2.45, 2.75) is 30.7 Å². The van der Waals surface area contributed by atoms with Gasteiger partial charge in [0.1, 0.15) is 0 Å². The first-order chi connectivity index (χ1) is 17.3. The summed E-state index contributed by atoms with van der Waals surface area (Å²) in [5.41, 5.74) is 1.98. The van der Waals surface area contributed by atoms with Gasteiger partial charge in [0.2, 0.25) is 0 Å². The van der Waals surface area contributed by atoms with Gasteiger partial charge >= 0.3 is 4.87 Å². The van der Waals surface area contributed by atoms with Crippen molar-refractivity contribution in [2.75, 3.05) is 17.8 Å². The number of amides is 1. The van der Waals surface area contributed by atoms with Crippen molar-refractivity contribution >= 4 is 54.8 Å². The Labute approximate surface area is 218 Å². The summed E-state index contributed by atoms with van der Waals surface area (Å²) in [5.74, 6) is -0.182. The molecule has 1 N–H and O–H groups in total. The summed E-state index contributed by atoms with van der Waals surface area (Å²) in [6.07, 6.45) is 2.98. The van der Waals surface area contributed by atoms with Gasteiger partial charge < -0.3 is 4.90 Å². The fourth-order valence-electron chi connectivity index (χ4n) is 4.39. The van der Waals surface area contributed by atoms with E-state index >= 15 is 0 Å². The van der Waals surface area contributed by atoms with E-state index < -0.39 is 10.0 Å². The van der Waals surface area contributed by atoms with Crippen LogP contribution in [0.3, 0.4) is 0 Å². The average Bonchev–Trinajstić information content (AvgIpc) is 3.19. The molecule has 36 heavy (non-hydrogen) atoms. The zero-order valence-electron chi connectivity index (χ0n) is 19.3. The highest BCUT2D eigenvalue weighted by molar-refractivity contribution is 7.92. The molecule has 2 heterocycles. The largest absolute Gasteiger partial charge is 0.339 e. The molecule has 7 nitrogen and oxygen atoms in total. The van der Waals surface area contributed by atoms with Gasteiger partial charge in [-0.3, -0.25) is 18.9 Å². The number of para-hydroxylation sites is 1. The van der Waals surface area contributed by atoms with Gasteiger partial charge in [0.25, 0.3) is 15.9 Å². The zero-order chi connectivity index (χ0) is 25.3. The molecule has 1 aromatic heterocycles. The SMILES string of the molecule is O=C(c1ccccc1NS(=O)(=O)c1ccc2c(c1)sc(=O)n2Cc1ccccc1Cl)N1CCCCC1. The van der Waals surface area contributed by atoms with E-state index in [-0.39, 0.29) is 27.9 Å². The Morgan fingerprint density at radius 3 is 2.47 bits per heavy atom. The second-order valence-corrected chi connectivity index (χ2v) is 11.8. The van der Waals surface area contributed by atoms with Crippen LogP contribution in [0.4, 0.5) is 5.69 Å². The van der Waals surface area contributed by atoms with Crippen LogP contribution in [0, 0.1) is 0 Å². The van der Waals surface area contributed by atoms with E-state index in [1.54, 1.807) is 45.9 Å². The summed E-state index contributed by atoms with van der Waals surface area (Å²) in [5, 5.41) is 0.560. The zero-order valence-corrected chi connectivity index (χ0v) is 21.7. The number of anilines is 1. The molecule has 1 aliphatic rings. The number of fused-ring (bicyclic) bond motifs is 1. The lowest BCUT2D eigenvalue weighted by molar-refractivity contribution is 0.0725. The standard InChI is InChI=1S/C26H24ClN3O4S2/c27-21-10-4-2-8-18(21)17-30-23-13-12-19(16-24(23)35-26(30)32)36(33,34)28-22-11-5-3-9-20(22)25(31)29-14-6-1-7-15-29/h2-5,8-13,16,28H,1,6-7,14-15,17H2. The van der Waals surface area contributed by atoms with Gasteiger partial charge in [-0.25, -0.2) is 8.42 Å². The van der Waals surface area contributed by atoms with Crippen molar-refractivity contribution in [2.24, 2.45) is 0 Å². The molecule has 4 aromatic rings. The predicted molar refractivity (Wildman–Crippen MR) is 144 cm³/mol. The molecule has 186 valence electrons. The van der Waals surface area contributed by atoms with Gasteiger partial charge in [-0.2, -0.15) is 0 Å². The number of nitrogens with one attached hydrogen (secondary N) is 1. The van der Waals surface area contributed by atoms with E-state index in [1.165, 1.54) is 12.1 Å². The van der Waals surface area contributed by atoms with Crippen molar-refractivity contribution in [3.05, 3.63) is 92.5 Å². The van der Waals surface area contributed by atoms with Crippen molar-refractivity contribution in [3.8, 4) is 0 Å². The number of sulfonamides is 1. The highest BCUT2D eigenvalue weighted by atomic mass is 35.5. The van der Waals surface area contributed by atoms with Crippen LogP contribution in [0.1, 0.15) is 35.2 Å². The number of nitrogens with zero attached hydrogens (tertiary/aromatic N) is 2. The summed E-state index contributed by atoms with van der Waals surface area (Å²) in [4.78, 5) is 27.4. The fourth-order valence-corrected chi connectivity index (χ4v) is 6.70. The Kier molecular flexibility index (Phi) is 6.87. The number of hydrogen-bond donors (Lipinski definition) is 1. The number of thiazole rings is 1. The second-order valence-electron chi connectivity index (χ2n) is 8.68. The molecular weight excluding hydrogens is 518 g/mol. The van der Waals surface area contributed by atoms with Gasteiger partial charge in [0, 0.05) is 18.1 Å². The van der Waals surface area contributed by atoms with Crippen LogP contribution in [0.5, 0.6) is 0 Å². The Hall–Kier alpha value is -3.14. The van der Waals surface area contributed by atoms with Crippen LogP contribution < -0.4 is 9.60 Å². The van der Waals surface area contributed by atoms with Crippen molar-refractivity contribution < 1.29 is 13.2 Å². The lowest BCUT2D eigenvalue weighted by atomic mass is 10.1. The molecule has 0 unspecified atom stereocenters. The van der Waals surface area contributed by atoms with Gasteiger partial charge in [0.05, 0.1) is 32.9 Å². The number of rotatable bonds is 6. The highest BCUT2D eigenvalue weighted by Gasteiger charge is 2.24. The Balaban J connectivity index is 1.44. The number of aromatic nitrogens is 1. The van der Waals surface area contributed by atoms with Gasteiger partial charge in [-0.1, -0.05) is 53.3 Å². The highest BCUT2D eigenvalue weighted by Crippen LogP contribution is 2.27. The first-order valence-electron chi connectivity index (χ1n) is 11.6. The Morgan fingerprint density at radius 2 is 1.69 bits per heavy atom. The van der Waals surface area contributed by atoms with E-state index in [1.807, 2.05) is 18.2 Å². The van der Waals surface area contributed by atoms with E-state index in [2.05, 4.69) is 4.72 Å². The first kappa shape index (κ1) is 24.5. The number of halogens is 1. The molecular formula is C26H24ClN3O4S2. The molecule has 0 radical (unpaired) electrons. The van der Waals surface area contributed by atoms with Crippen LogP contribution in [-0.2, 0) is 16.6 Å². The quantitative estimate of drug-likeness (QED) is 0.364. The number of carbonyl (C=O) groups excluding carboxylic acids is 1. The number of likely N-dealkylation sites (tertiary alicyclic amines) is 1. The molecule has 0 saturated carbocycles. The maximum atomic E-state index is 13.3. The third-order valence-corrected chi connectivity index (χ3v) is 8.96. The normalized spacial score (nSPS) is 14.2. The van der Waals surface area contributed by atoms with Gasteiger partial charge in [-0.05, 0) is 61.2 Å². The molecule has 0 aliphatic carbocycles. The lowest BCUT2D eigenvalue weighted by Crippen LogP contribution is -2.36. The number of carbonyl (C=O) groups is 1. The van der Waals surface area contributed by atoms with Crippen LogP contribution >= 0.6 is 22.9 Å². The third-order valence-electron chi connectivity index (χ3n) is 6.28. The van der Waals surface area contributed by atoms with Crippen molar-refractivity contribution in [1.29, 1.82) is 0 Å². The summed E-state index contributed by atoms with van der Waals surface area (Å²) >= 11 is 7.24. The van der Waals surface area contributed by atoms with E-state index in [0.29, 0.717) is 33.9 Å². The topological polar surface area (TPSA) is 88.5 Å². The fraction of sp³-hybridized carbons (Fsp3) is 0.231. The molecule has 1 fully saturated rings. The Morgan fingerprint density at radius 1 is 0.972 bits per heavy atom. The lowest BCUT2D eigenvalue weighted by Gasteiger charge is -2.27. The maximum Gasteiger partial charge on any atom is 0.308 e.